The van der Waals surface area contributed by atoms with Gasteiger partial charge in [-0.15, -0.1) is 0 Å². The fraction of sp³-hybridized carbons (Fsp3) is 0.733. The zero-order chi connectivity index (χ0) is 14.4. The van der Waals surface area contributed by atoms with Crippen molar-refractivity contribution in [3.63, 3.8) is 0 Å². The van der Waals surface area contributed by atoms with Gasteiger partial charge in [-0.3, -0.25) is 0 Å². The number of rotatable bonds is 6. The molecule has 1 heterocycles. The van der Waals surface area contributed by atoms with Crippen LogP contribution in [0, 0.1) is 11.8 Å². The number of nitrogens with one attached hydrogen (secondary N) is 2. The van der Waals surface area contributed by atoms with Crippen LogP contribution in [-0.4, -0.2) is 29.3 Å². The first-order valence-corrected chi connectivity index (χ1v) is 8.84. The van der Waals surface area contributed by atoms with Gasteiger partial charge >= 0.3 is 0 Å². The molecule has 0 unspecified atom stereocenters. The molecule has 0 bridgehead atoms. The first-order chi connectivity index (χ1) is 9.71. The molecule has 20 heavy (non-hydrogen) atoms. The number of nitrogens with zero attached hydrogens (tertiary/aromatic N) is 2. The quantitative estimate of drug-likeness (QED) is 0.616. The van der Waals surface area contributed by atoms with Gasteiger partial charge in [-0.25, -0.2) is 9.97 Å². The lowest BCUT2D eigenvalue weighted by atomic mass is 9.83. The molecule has 0 radical (unpaired) electrons. The van der Waals surface area contributed by atoms with Crippen molar-refractivity contribution in [2.75, 3.05) is 30.0 Å². The van der Waals surface area contributed by atoms with Gasteiger partial charge in [0.1, 0.15) is 11.6 Å². The zero-order valence-electron chi connectivity index (χ0n) is 12.8. The first-order valence-electron chi connectivity index (χ1n) is 7.62. The molecule has 5 heteroatoms. The Hall–Kier alpha value is -0.970. The average Bonchev–Trinajstić information content (AvgIpc) is 2.47. The van der Waals surface area contributed by atoms with E-state index < -0.39 is 0 Å². The van der Waals surface area contributed by atoms with Gasteiger partial charge in [-0.1, -0.05) is 31.5 Å². The van der Waals surface area contributed by atoms with Crippen LogP contribution in [0.1, 0.15) is 39.5 Å². The molecular weight excluding hydrogens is 268 g/mol. The highest BCUT2D eigenvalue weighted by atomic mass is 32.2. The van der Waals surface area contributed by atoms with E-state index in [9.17, 15) is 0 Å². The van der Waals surface area contributed by atoms with Gasteiger partial charge in [0, 0.05) is 19.2 Å². The van der Waals surface area contributed by atoms with E-state index in [0.717, 1.165) is 41.7 Å². The van der Waals surface area contributed by atoms with Crippen LogP contribution in [0.25, 0.3) is 0 Å². The van der Waals surface area contributed by atoms with Gasteiger partial charge < -0.3 is 10.6 Å². The molecular formula is C15H26N4S. The molecule has 2 N–H and O–H groups in total. The summed E-state index contributed by atoms with van der Waals surface area (Å²) in [6, 6.07) is 2.01. The highest BCUT2D eigenvalue weighted by Gasteiger charge is 2.18. The van der Waals surface area contributed by atoms with Crippen LogP contribution in [0.2, 0.25) is 0 Å². The lowest BCUT2D eigenvalue weighted by molar-refractivity contribution is 0.300. The highest BCUT2D eigenvalue weighted by molar-refractivity contribution is 7.98. The lowest BCUT2D eigenvalue weighted by Crippen LogP contribution is -2.20. The van der Waals surface area contributed by atoms with E-state index in [4.69, 9.17) is 0 Å². The molecule has 1 saturated carbocycles. The second-order valence-corrected chi connectivity index (χ2v) is 6.44. The molecule has 0 amide bonds. The highest BCUT2D eigenvalue weighted by Crippen LogP contribution is 2.28. The first kappa shape index (κ1) is 15.4. The van der Waals surface area contributed by atoms with E-state index in [0.29, 0.717) is 0 Å². The maximum absolute atomic E-state index is 4.53. The van der Waals surface area contributed by atoms with Gasteiger partial charge in [-0.2, -0.15) is 0 Å². The van der Waals surface area contributed by atoms with Crippen LogP contribution in [0.15, 0.2) is 11.2 Å². The normalized spacial score (nSPS) is 22.6. The summed E-state index contributed by atoms with van der Waals surface area (Å²) in [5.74, 6) is 3.56. The van der Waals surface area contributed by atoms with E-state index in [1.165, 1.54) is 25.7 Å². The molecule has 1 aromatic heterocycles. The Bertz CT molecular complexity index is 416. The van der Waals surface area contributed by atoms with E-state index in [-0.39, 0.29) is 0 Å². The van der Waals surface area contributed by atoms with Crippen molar-refractivity contribution in [1.82, 2.24) is 9.97 Å². The Morgan fingerprint density at radius 1 is 1.15 bits per heavy atom. The maximum atomic E-state index is 4.53. The van der Waals surface area contributed by atoms with E-state index >= 15 is 0 Å². The Kier molecular flexibility index (Phi) is 5.95. The summed E-state index contributed by atoms with van der Waals surface area (Å²) in [6.45, 7) is 6.35. The molecule has 4 nitrogen and oxygen atoms in total. The van der Waals surface area contributed by atoms with E-state index in [1.54, 1.807) is 11.8 Å². The third-order valence-corrected chi connectivity index (χ3v) is 4.50. The topological polar surface area (TPSA) is 49.8 Å². The summed E-state index contributed by atoms with van der Waals surface area (Å²) >= 11 is 1.58. The minimum Gasteiger partial charge on any atom is -0.370 e. The summed E-state index contributed by atoms with van der Waals surface area (Å²) in [6.07, 6.45) is 7.43. The van der Waals surface area contributed by atoms with Crippen LogP contribution in [0.4, 0.5) is 11.6 Å². The fourth-order valence-electron chi connectivity index (χ4n) is 2.66. The van der Waals surface area contributed by atoms with Gasteiger partial charge in [0.15, 0.2) is 5.16 Å². The molecule has 1 aliphatic rings. The van der Waals surface area contributed by atoms with Crippen molar-refractivity contribution in [3.8, 4) is 0 Å². The molecule has 1 aromatic rings. The van der Waals surface area contributed by atoms with Crippen LogP contribution in [0.5, 0.6) is 0 Å². The van der Waals surface area contributed by atoms with E-state index in [2.05, 4.69) is 34.4 Å². The second-order valence-electron chi connectivity index (χ2n) is 5.66. The predicted octanol–water partition coefficient (Wildman–Crippen LogP) is 3.87. The molecule has 0 aromatic carbocycles. The lowest BCUT2D eigenvalue weighted by Gasteiger charge is -2.26. The molecule has 1 fully saturated rings. The number of anilines is 2. The Morgan fingerprint density at radius 2 is 1.80 bits per heavy atom. The summed E-state index contributed by atoms with van der Waals surface area (Å²) < 4.78 is 0. The number of hydrogen-bond acceptors (Lipinski definition) is 5. The monoisotopic (exact) mass is 294 g/mol. The van der Waals surface area contributed by atoms with Crippen molar-refractivity contribution < 1.29 is 0 Å². The minimum atomic E-state index is 0.793. The Morgan fingerprint density at radius 3 is 2.40 bits per heavy atom. The standard InChI is InChI=1S/C15H26N4S/c1-4-16-13-9-14(19-15(18-13)20-3)17-10-12-7-5-11(2)6-8-12/h9,11-12H,4-8,10H2,1-3H3,(H2,16,17,18,19). The SMILES string of the molecule is CCNc1cc(NCC2CCC(C)CC2)nc(SC)n1. The molecule has 2 rings (SSSR count). The fourth-order valence-corrected chi connectivity index (χ4v) is 3.04. The maximum Gasteiger partial charge on any atom is 0.191 e. The number of thioether (sulfide) groups is 1. The Balaban J connectivity index is 1.92. The molecule has 1 aliphatic carbocycles. The van der Waals surface area contributed by atoms with Crippen molar-refractivity contribution in [2.24, 2.45) is 11.8 Å². The van der Waals surface area contributed by atoms with Gasteiger partial charge in [-0.05, 0) is 37.9 Å². The summed E-state index contributed by atoms with van der Waals surface area (Å²) in [4.78, 5) is 8.98. The van der Waals surface area contributed by atoms with Crippen molar-refractivity contribution in [1.29, 1.82) is 0 Å². The minimum absolute atomic E-state index is 0.793. The smallest absolute Gasteiger partial charge is 0.191 e. The third-order valence-electron chi connectivity index (χ3n) is 3.95. The van der Waals surface area contributed by atoms with E-state index in [1.807, 2.05) is 12.3 Å². The van der Waals surface area contributed by atoms with Crippen LogP contribution < -0.4 is 10.6 Å². The summed E-state index contributed by atoms with van der Waals surface area (Å²) in [5.41, 5.74) is 0. The molecule has 0 spiro atoms. The van der Waals surface area contributed by atoms with Gasteiger partial charge in [0.05, 0.1) is 0 Å². The van der Waals surface area contributed by atoms with Gasteiger partial charge in [0.2, 0.25) is 0 Å². The zero-order valence-corrected chi connectivity index (χ0v) is 13.6. The van der Waals surface area contributed by atoms with Crippen LogP contribution in [0.3, 0.4) is 0 Å². The van der Waals surface area contributed by atoms with Crippen LogP contribution >= 0.6 is 11.8 Å². The second kappa shape index (κ2) is 7.72. The largest absolute Gasteiger partial charge is 0.370 e. The Labute approximate surface area is 126 Å². The summed E-state index contributed by atoms with van der Waals surface area (Å²) in [5, 5.41) is 7.58. The average molecular weight is 294 g/mol. The van der Waals surface area contributed by atoms with Crippen molar-refractivity contribution in [3.05, 3.63) is 6.07 Å². The number of hydrogen-bond donors (Lipinski definition) is 2. The molecule has 112 valence electrons. The third kappa shape index (κ3) is 4.54. The molecule has 0 aliphatic heterocycles. The van der Waals surface area contributed by atoms with Crippen molar-refractivity contribution >= 4 is 23.4 Å². The predicted molar refractivity (Wildman–Crippen MR) is 87.6 cm³/mol. The van der Waals surface area contributed by atoms with Crippen molar-refractivity contribution in [2.45, 2.75) is 44.7 Å². The van der Waals surface area contributed by atoms with Crippen LogP contribution in [-0.2, 0) is 0 Å². The molecule has 0 atom stereocenters. The summed E-state index contributed by atoms with van der Waals surface area (Å²) in [7, 11) is 0. The number of aromatic nitrogens is 2. The van der Waals surface area contributed by atoms with Gasteiger partial charge in [0.25, 0.3) is 0 Å². The molecule has 0 saturated heterocycles.